The predicted octanol–water partition coefficient (Wildman–Crippen LogP) is 2.13. The van der Waals surface area contributed by atoms with Gasteiger partial charge in [-0.2, -0.15) is 0 Å². The molecular weight excluding hydrogens is 323 g/mol. The van der Waals surface area contributed by atoms with Gasteiger partial charge in [0.2, 0.25) is 0 Å². The Kier molecular flexibility index (Phi) is 3.87. The van der Waals surface area contributed by atoms with E-state index in [0.29, 0.717) is 16.5 Å². The average molecular weight is 335 g/mol. The molecule has 3 nitrogen and oxygen atoms in total. The van der Waals surface area contributed by atoms with Crippen LogP contribution in [0.15, 0.2) is 22.7 Å². The number of hydrogen-bond acceptors (Lipinski definition) is 3. The van der Waals surface area contributed by atoms with Crippen LogP contribution in [0.5, 0.6) is 0 Å². The van der Waals surface area contributed by atoms with Gasteiger partial charge in [0.15, 0.2) is 9.84 Å². The maximum absolute atomic E-state index is 13.1. The van der Waals surface area contributed by atoms with Crippen molar-refractivity contribution in [2.75, 3.05) is 11.5 Å². The summed E-state index contributed by atoms with van der Waals surface area (Å²) in [6.07, 6.45) is 0.466. The van der Waals surface area contributed by atoms with Crippen molar-refractivity contribution in [1.82, 2.24) is 0 Å². The Morgan fingerprint density at radius 3 is 2.67 bits per heavy atom. The van der Waals surface area contributed by atoms with Gasteiger partial charge >= 0.3 is 0 Å². The van der Waals surface area contributed by atoms with E-state index >= 15 is 0 Å². The Morgan fingerprint density at radius 1 is 1.39 bits per heavy atom. The summed E-state index contributed by atoms with van der Waals surface area (Å²) >= 11 is 3.16. The molecule has 0 radical (unpaired) electrons. The van der Waals surface area contributed by atoms with E-state index < -0.39 is 21.6 Å². The van der Waals surface area contributed by atoms with Gasteiger partial charge in [-0.25, -0.2) is 12.8 Å². The normalized spacial score (nSPS) is 22.0. The second-order valence-corrected chi connectivity index (χ2v) is 7.67. The summed E-state index contributed by atoms with van der Waals surface area (Å²) in [4.78, 5) is 11.9. The fourth-order valence-electron chi connectivity index (χ4n) is 2.11. The van der Waals surface area contributed by atoms with Crippen LogP contribution in [0.1, 0.15) is 12.0 Å². The van der Waals surface area contributed by atoms with Crippen LogP contribution in [-0.2, 0) is 21.1 Å². The molecule has 1 unspecified atom stereocenters. The average Bonchev–Trinajstić information content (AvgIpc) is 2.57. The van der Waals surface area contributed by atoms with Crippen molar-refractivity contribution < 1.29 is 17.6 Å². The zero-order chi connectivity index (χ0) is 13.3. The number of carbonyl (C=O) groups is 1. The molecule has 1 aromatic carbocycles. The fraction of sp³-hybridized carbons (Fsp3) is 0.417. The first-order chi connectivity index (χ1) is 8.35. The van der Waals surface area contributed by atoms with E-state index in [0.717, 1.165) is 0 Å². The van der Waals surface area contributed by atoms with E-state index in [4.69, 9.17) is 0 Å². The lowest BCUT2D eigenvalue weighted by atomic mass is 9.97. The third-order valence-electron chi connectivity index (χ3n) is 2.99. The molecule has 6 heteroatoms. The molecule has 98 valence electrons. The molecule has 1 saturated heterocycles. The molecule has 0 bridgehead atoms. The molecule has 1 atom stereocenters. The van der Waals surface area contributed by atoms with Crippen molar-refractivity contribution in [2.24, 2.45) is 5.92 Å². The Bertz CT molecular complexity index is 563. The van der Waals surface area contributed by atoms with Crippen molar-refractivity contribution in [2.45, 2.75) is 12.8 Å². The maximum Gasteiger partial charge on any atom is 0.151 e. The Labute approximate surface area is 113 Å². The molecule has 18 heavy (non-hydrogen) atoms. The van der Waals surface area contributed by atoms with Crippen LogP contribution in [0.4, 0.5) is 4.39 Å². The van der Waals surface area contributed by atoms with E-state index in [2.05, 4.69) is 15.9 Å². The molecule has 0 amide bonds. The summed E-state index contributed by atoms with van der Waals surface area (Å²) in [5.41, 5.74) is 0.566. The highest BCUT2D eigenvalue weighted by atomic mass is 79.9. The van der Waals surface area contributed by atoms with Gasteiger partial charge in [0, 0.05) is 16.8 Å². The number of benzene rings is 1. The Hall–Kier alpha value is -0.750. The monoisotopic (exact) mass is 334 g/mol. The lowest BCUT2D eigenvalue weighted by Crippen LogP contribution is -2.18. The topological polar surface area (TPSA) is 51.2 Å². The number of hydrogen-bond donors (Lipinski definition) is 0. The number of sulfone groups is 1. The number of ketones is 1. The highest BCUT2D eigenvalue weighted by molar-refractivity contribution is 9.10. The summed E-state index contributed by atoms with van der Waals surface area (Å²) in [5.74, 6) is -0.963. The first-order valence-electron chi connectivity index (χ1n) is 5.54. The summed E-state index contributed by atoms with van der Waals surface area (Å²) in [7, 11) is -3.05. The third kappa shape index (κ3) is 3.38. The zero-order valence-corrected chi connectivity index (χ0v) is 11.9. The van der Waals surface area contributed by atoms with E-state index in [1.165, 1.54) is 12.1 Å². The number of Topliss-reactive ketones (excluding diaryl/α,β-unsaturated/α-hetero) is 1. The van der Waals surface area contributed by atoms with Gasteiger partial charge in [-0.05, 0) is 30.2 Å². The number of carbonyl (C=O) groups excluding carboxylic acids is 1. The predicted molar refractivity (Wildman–Crippen MR) is 69.6 cm³/mol. The minimum Gasteiger partial charge on any atom is -0.299 e. The second kappa shape index (κ2) is 5.09. The molecule has 1 aliphatic heterocycles. The van der Waals surface area contributed by atoms with Gasteiger partial charge in [-0.15, -0.1) is 0 Å². The van der Waals surface area contributed by atoms with E-state index in [9.17, 15) is 17.6 Å². The van der Waals surface area contributed by atoms with Gasteiger partial charge in [0.05, 0.1) is 11.5 Å². The van der Waals surface area contributed by atoms with Crippen molar-refractivity contribution in [3.63, 3.8) is 0 Å². The quantitative estimate of drug-likeness (QED) is 0.850. The molecule has 0 saturated carbocycles. The largest absolute Gasteiger partial charge is 0.299 e. The zero-order valence-electron chi connectivity index (χ0n) is 9.53. The second-order valence-electron chi connectivity index (χ2n) is 4.52. The maximum atomic E-state index is 13.1. The van der Waals surface area contributed by atoms with Gasteiger partial charge in [0.25, 0.3) is 0 Å². The SMILES string of the molecule is O=C(Cc1cc(F)cc(Br)c1)C1CCS(=O)(=O)C1. The van der Waals surface area contributed by atoms with Crippen molar-refractivity contribution in [3.05, 3.63) is 34.1 Å². The van der Waals surface area contributed by atoms with Gasteiger partial charge < -0.3 is 0 Å². The molecule has 0 aromatic heterocycles. The van der Waals surface area contributed by atoms with Crippen LogP contribution in [0.3, 0.4) is 0 Å². The summed E-state index contributed by atoms with van der Waals surface area (Å²) in [6, 6.07) is 4.28. The number of halogens is 2. The van der Waals surface area contributed by atoms with Crippen LogP contribution in [0.2, 0.25) is 0 Å². The lowest BCUT2D eigenvalue weighted by molar-refractivity contribution is -0.121. The lowest BCUT2D eigenvalue weighted by Gasteiger charge is -2.07. The van der Waals surface area contributed by atoms with E-state index in [-0.39, 0.29) is 23.7 Å². The smallest absolute Gasteiger partial charge is 0.151 e. The van der Waals surface area contributed by atoms with Gasteiger partial charge in [0.1, 0.15) is 11.6 Å². The van der Waals surface area contributed by atoms with Gasteiger partial charge in [-0.1, -0.05) is 15.9 Å². The van der Waals surface area contributed by atoms with Crippen LogP contribution in [0, 0.1) is 11.7 Å². The van der Waals surface area contributed by atoms with Crippen molar-refractivity contribution in [3.8, 4) is 0 Å². The van der Waals surface area contributed by atoms with Crippen LogP contribution < -0.4 is 0 Å². The van der Waals surface area contributed by atoms with Crippen LogP contribution in [0.25, 0.3) is 0 Å². The molecule has 0 N–H and O–H groups in total. The van der Waals surface area contributed by atoms with E-state index in [1.54, 1.807) is 6.07 Å². The summed E-state index contributed by atoms with van der Waals surface area (Å²) in [6.45, 7) is 0. The minimum absolute atomic E-state index is 0.0671. The Morgan fingerprint density at radius 2 is 2.11 bits per heavy atom. The highest BCUT2D eigenvalue weighted by Gasteiger charge is 2.32. The van der Waals surface area contributed by atoms with Gasteiger partial charge in [-0.3, -0.25) is 4.79 Å². The standard InChI is InChI=1S/C12H12BrFO3S/c13-10-3-8(4-11(14)6-10)5-12(15)9-1-2-18(16,17)7-9/h3-4,6,9H,1-2,5,7H2. The van der Waals surface area contributed by atoms with Crippen molar-refractivity contribution >= 4 is 31.6 Å². The highest BCUT2D eigenvalue weighted by Crippen LogP contribution is 2.22. The fourth-order valence-corrected chi connectivity index (χ4v) is 4.40. The molecule has 1 aromatic rings. The molecule has 1 aliphatic rings. The molecular formula is C12H12BrFO3S. The van der Waals surface area contributed by atoms with Crippen LogP contribution >= 0.6 is 15.9 Å². The molecule has 0 aliphatic carbocycles. The first-order valence-corrected chi connectivity index (χ1v) is 8.15. The molecule has 1 heterocycles. The van der Waals surface area contributed by atoms with Crippen LogP contribution in [-0.4, -0.2) is 25.7 Å². The molecule has 2 rings (SSSR count). The molecule has 1 fully saturated rings. The minimum atomic E-state index is -3.05. The summed E-state index contributed by atoms with van der Waals surface area (Å²) in [5, 5.41) is 0. The first kappa shape index (κ1) is 13.7. The van der Waals surface area contributed by atoms with E-state index in [1.807, 2.05) is 0 Å². The number of rotatable bonds is 3. The van der Waals surface area contributed by atoms with Crippen molar-refractivity contribution in [1.29, 1.82) is 0 Å². The Balaban J connectivity index is 2.08. The summed E-state index contributed by atoms with van der Waals surface area (Å²) < 4.78 is 36.3. The molecule has 0 spiro atoms. The third-order valence-corrected chi connectivity index (χ3v) is 5.21.